The molecule has 1 fully saturated rings. The molecule has 0 aliphatic heterocycles. The highest BCUT2D eigenvalue weighted by Crippen LogP contribution is 2.25. The van der Waals surface area contributed by atoms with Crippen molar-refractivity contribution in [2.24, 2.45) is 5.73 Å². The van der Waals surface area contributed by atoms with E-state index in [1.807, 2.05) is 12.5 Å². The minimum absolute atomic E-state index is 0.280. The van der Waals surface area contributed by atoms with Gasteiger partial charge in [-0.15, -0.1) is 0 Å². The number of nitrogens with one attached hydrogen (secondary N) is 3. The number of aryl methyl sites for hydroxylation is 1. The summed E-state index contributed by atoms with van der Waals surface area (Å²) < 4.78 is 2.09. The van der Waals surface area contributed by atoms with E-state index in [4.69, 9.17) is 15.7 Å². The fourth-order valence-electron chi connectivity index (χ4n) is 3.83. The molecule has 0 atom stereocenters. The van der Waals surface area contributed by atoms with Crippen LogP contribution in [0.4, 0.5) is 11.8 Å². The molecule has 1 aliphatic rings. The molecule has 3 aromatic rings. The number of rotatable bonds is 8. The first-order valence-electron chi connectivity index (χ1n) is 10.6. The van der Waals surface area contributed by atoms with E-state index in [9.17, 15) is 0 Å². The van der Waals surface area contributed by atoms with Crippen molar-refractivity contribution in [1.29, 1.82) is 0 Å². The third kappa shape index (κ3) is 4.67. The topological polar surface area (TPSA) is 122 Å². The number of H-pyrrole nitrogens is 1. The molecular weight excluding hydrogens is 366 g/mol. The van der Waals surface area contributed by atoms with Gasteiger partial charge in [0.1, 0.15) is 5.82 Å². The van der Waals surface area contributed by atoms with Gasteiger partial charge in [0.25, 0.3) is 0 Å². The lowest BCUT2D eigenvalue weighted by Gasteiger charge is -2.27. The van der Waals surface area contributed by atoms with Gasteiger partial charge >= 0.3 is 0 Å². The molecule has 0 spiro atoms. The summed E-state index contributed by atoms with van der Waals surface area (Å²) in [6.07, 6.45) is 11.5. The van der Waals surface area contributed by atoms with Gasteiger partial charge < -0.3 is 25.9 Å². The molecule has 0 saturated heterocycles. The summed E-state index contributed by atoms with van der Waals surface area (Å²) in [7, 11) is 0. The molecule has 0 radical (unpaired) electrons. The average molecular weight is 398 g/mol. The number of nitrogens with zero attached hydrogens (tertiary/aromatic N) is 5. The minimum atomic E-state index is 0.280. The molecule has 0 amide bonds. The summed E-state index contributed by atoms with van der Waals surface area (Å²) in [5.74, 6) is 2.44. The third-order valence-corrected chi connectivity index (χ3v) is 5.52. The zero-order valence-electron chi connectivity index (χ0n) is 17.2. The summed E-state index contributed by atoms with van der Waals surface area (Å²) in [5, 5.41) is 6.99. The van der Waals surface area contributed by atoms with Crippen molar-refractivity contribution in [1.82, 2.24) is 29.5 Å². The van der Waals surface area contributed by atoms with Crippen LogP contribution in [-0.2, 0) is 6.42 Å². The van der Waals surface area contributed by atoms with Gasteiger partial charge in [0.05, 0.1) is 6.33 Å². The van der Waals surface area contributed by atoms with Gasteiger partial charge in [-0.1, -0.05) is 0 Å². The average Bonchev–Trinajstić information content (AvgIpc) is 3.36. The zero-order chi connectivity index (χ0) is 20.2. The molecule has 0 aromatic carbocycles. The van der Waals surface area contributed by atoms with E-state index >= 15 is 0 Å². The fourth-order valence-corrected chi connectivity index (χ4v) is 3.83. The molecule has 29 heavy (non-hydrogen) atoms. The van der Waals surface area contributed by atoms with E-state index in [-0.39, 0.29) is 6.04 Å². The molecule has 3 heterocycles. The molecule has 1 aliphatic carbocycles. The number of aromatic amines is 1. The van der Waals surface area contributed by atoms with Crippen molar-refractivity contribution >= 4 is 22.9 Å². The van der Waals surface area contributed by atoms with Crippen LogP contribution in [0.25, 0.3) is 11.2 Å². The van der Waals surface area contributed by atoms with Crippen LogP contribution in [0, 0.1) is 0 Å². The number of nitrogens with two attached hydrogens (primary N) is 1. The lowest BCUT2D eigenvalue weighted by atomic mass is 9.92. The Hall–Kier alpha value is -2.68. The van der Waals surface area contributed by atoms with Crippen LogP contribution in [0.3, 0.4) is 0 Å². The van der Waals surface area contributed by atoms with Crippen molar-refractivity contribution < 1.29 is 0 Å². The van der Waals surface area contributed by atoms with Crippen LogP contribution in [0.1, 0.15) is 57.8 Å². The predicted octanol–water partition coefficient (Wildman–Crippen LogP) is 2.86. The first-order valence-corrected chi connectivity index (χ1v) is 10.6. The lowest BCUT2D eigenvalue weighted by Crippen LogP contribution is -2.33. The van der Waals surface area contributed by atoms with Crippen LogP contribution in [0.15, 0.2) is 18.7 Å². The van der Waals surface area contributed by atoms with Gasteiger partial charge in [0.15, 0.2) is 17.0 Å². The smallest absolute Gasteiger partial charge is 0.227 e. The van der Waals surface area contributed by atoms with Crippen LogP contribution >= 0.6 is 0 Å². The largest absolute Gasteiger partial charge is 0.368 e. The Kier molecular flexibility index (Phi) is 5.94. The van der Waals surface area contributed by atoms with E-state index in [0.29, 0.717) is 18.0 Å². The second-order valence-electron chi connectivity index (χ2n) is 8.14. The normalized spacial score (nSPS) is 19.7. The molecule has 156 valence electrons. The quantitative estimate of drug-likeness (QED) is 0.431. The van der Waals surface area contributed by atoms with E-state index in [0.717, 1.165) is 67.9 Å². The summed E-state index contributed by atoms with van der Waals surface area (Å²) in [4.78, 5) is 21.5. The van der Waals surface area contributed by atoms with E-state index in [1.54, 1.807) is 6.20 Å². The first-order chi connectivity index (χ1) is 14.1. The van der Waals surface area contributed by atoms with Crippen molar-refractivity contribution in [2.45, 2.75) is 70.5 Å². The standard InChI is InChI=1S/C20H31N9/c1-13(2)29-12-25-17-18(24-9-3-4-16-22-10-11-23-16)27-20(28-19(17)29)26-15-7-5-14(21)6-8-15/h10-15H,3-9,21H2,1-2H3,(H,22,23)(H2,24,26,27,28). The van der Waals surface area contributed by atoms with Gasteiger partial charge in [-0.3, -0.25) is 0 Å². The zero-order valence-corrected chi connectivity index (χ0v) is 17.2. The van der Waals surface area contributed by atoms with E-state index < -0.39 is 0 Å². The lowest BCUT2D eigenvalue weighted by molar-refractivity contribution is 0.410. The number of fused-ring (bicyclic) bond motifs is 1. The van der Waals surface area contributed by atoms with E-state index in [1.165, 1.54) is 0 Å². The second-order valence-corrected chi connectivity index (χ2v) is 8.14. The Morgan fingerprint density at radius 2 is 2.03 bits per heavy atom. The first kappa shape index (κ1) is 19.6. The molecule has 9 heteroatoms. The molecule has 5 N–H and O–H groups in total. The van der Waals surface area contributed by atoms with Gasteiger partial charge in [-0.25, -0.2) is 9.97 Å². The second kappa shape index (κ2) is 8.77. The van der Waals surface area contributed by atoms with Gasteiger partial charge in [0, 0.05) is 43.5 Å². The molecule has 9 nitrogen and oxygen atoms in total. The summed E-state index contributed by atoms with van der Waals surface area (Å²) >= 11 is 0. The Morgan fingerprint density at radius 3 is 2.76 bits per heavy atom. The van der Waals surface area contributed by atoms with Crippen LogP contribution < -0.4 is 16.4 Å². The monoisotopic (exact) mass is 397 g/mol. The fraction of sp³-hybridized carbons (Fsp3) is 0.600. The summed E-state index contributed by atoms with van der Waals surface area (Å²) in [5.41, 5.74) is 7.72. The highest BCUT2D eigenvalue weighted by molar-refractivity contribution is 5.84. The van der Waals surface area contributed by atoms with E-state index in [2.05, 4.69) is 44.0 Å². The molecule has 0 bridgehead atoms. The number of hydrogen-bond acceptors (Lipinski definition) is 7. The number of aromatic nitrogens is 6. The highest BCUT2D eigenvalue weighted by Gasteiger charge is 2.21. The Labute approximate surface area is 170 Å². The van der Waals surface area contributed by atoms with Crippen molar-refractivity contribution in [3.8, 4) is 0 Å². The van der Waals surface area contributed by atoms with Crippen LogP contribution in [-0.4, -0.2) is 48.1 Å². The SMILES string of the molecule is CC(C)n1cnc2c(NCCCc3ncc[nH]3)nc(NC3CCC(N)CC3)nc21. The van der Waals surface area contributed by atoms with Gasteiger partial charge in [0.2, 0.25) is 5.95 Å². The van der Waals surface area contributed by atoms with Crippen LogP contribution in [0.5, 0.6) is 0 Å². The molecule has 3 aromatic heterocycles. The van der Waals surface area contributed by atoms with Gasteiger partial charge in [-0.05, 0) is 46.0 Å². The van der Waals surface area contributed by atoms with Crippen LogP contribution in [0.2, 0.25) is 0 Å². The van der Waals surface area contributed by atoms with Gasteiger partial charge in [-0.2, -0.15) is 9.97 Å². The Balaban J connectivity index is 1.51. The maximum Gasteiger partial charge on any atom is 0.227 e. The molecule has 4 rings (SSSR count). The number of hydrogen-bond donors (Lipinski definition) is 4. The predicted molar refractivity (Wildman–Crippen MR) is 115 cm³/mol. The maximum atomic E-state index is 6.04. The number of imidazole rings is 2. The Bertz CT molecular complexity index is 908. The summed E-state index contributed by atoms with van der Waals surface area (Å²) in [6, 6.07) is 0.974. The van der Waals surface area contributed by atoms with Crippen molar-refractivity contribution in [2.75, 3.05) is 17.2 Å². The Morgan fingerprint density at radius 1 is 1.21 bits per heavy atom. The maximum absolute atomic E-state index is 6.04. The van der Waals surface area contributed by atoms with Crippen molar-refractivity contribution in [3.63, 3.8) is 0 Å². The third-order valence-electron chi connectivity index (χ3n) is 5.52. The molecular formula is C20H31N9. The minimum Gasteiger partial charge on any atom is -0.368 e. The molecule has 0 unspecified atom stereocenters. The highest BCUT2D eigenvalue weighted by atomic mass is 15.2. The number of anilines is 2. The summed E-state index contributed by atoms with van der Waals surface area (Å²) in [6.45, 7) is 5.06. The van der Waals surface area contributed by atoms with Crippen molar-refractivity contribution in [3.05, 3.63) is 24.5 Å². The molecule has 1 saturated carbocycles.